The van der Waals surface area contributed by atoms with E-state index in [1.54, 1.807) is 36.4 Å². The molecule has 36 heavy (non-hydrogen) atoms. The summed E-state index contributed by atoms with van der Waals surface area (Å²) in [7, 11) is 1.59. The Kier molecular flexibility index (Phi) is 6.98. The smallest absolute Gasteiger partial charge is 0.266 e. The lowest BCUT2D eigenvalue weighted by Gasteiger charge is -2.29. The molecule has 2 saturated heterocycles. The number of imide groups is 1. The number of anilines is 2. The third kappa shape index (κ3) is 4.35. The van der Waals surface area contributed by atoms with Crippen molar-refractivity contribution in [3.8, 4) is 11.5 Å². The number of para-hydroxylation sites is 1. The summed E-state index contributed by atoms with van der Waals surface area (Å²) in [6.45, 7) is 2.70. The molecule has 186 valence electrons. The molecule has 2 fully saturated rings. The number of unbranched alkanes of at least 4 members (excludes halogenated alkanes) is 1. The van der Waals surface area contributed by atoms with Gasteiger partial charge in [0.05, 0.1) is 31.1 Å². The first kappa shape index (κ1) is 24.3. The van der Waals surface area contributed by atoms with E-state index in [9.17, 15) is 9.59 Å². The molecule has 7 nitrogen and oxygen atoms in total. The molecule has 2 amide bonds. The Morgan fingerprint density at radius 2 is 1.67 bits per heavy atom. The number of benzene rings is 3. The average Bonchev–Trinajstić information content (AvgIpc) is 3.41. The number of halogens is 1. The third-order valence-electron chi connectivity index (χ3n) is 6.50. The van der Waals surface area contributed by atoms with E-state index in [0.717, 1.165) is 28.6 Å². The van der Waals surface area contributed by atoms with E-state index in [1.165, 1.54) is 4.90 Å². The maximum Gasteiger partial charge on any atom is 0.266 e. The van der Waals surface area contributed by atoms with Crippen LogP contribution in [0.25, 0.3) is 0 Å². The zero-order valence-corrected chi connectivity index (χ0v) is 21.7. The molecule has 0 unspecified atom stereocenters. The molecule has 2 aliphatic rings. The minimum Gasteiger partial charge on any atom is -0.493 e. The molecular formula is C28H27BrN2O5. The van der Waals surface area contributed by atoms with Crippen LogP contribution >= 0.6 is 15.9 Å². The van der Waals surface area contributed by atoms with Gasteiger partial charge in [0, 0.05) is 4.47 Å². The molecule has 8 heteroatoms. The summed E-state index contributed by atoms with van der Waals surface area (Å²) in [6, 6.07) is 21.7. The number of amides is 2. The van der Waals surface area contributed by atoms with Gasteiger partial charge in [-0.15, -0.1) is 0 Å². The minimum atomic E-state index is -0.933. The van der Waals surface area contributed by atoms with Crippen LogP contribution in [0, 0.1) is 5.92 Å². The van der Waals surface area contributed by atoms with Crippen molar-refractivity contribution in [2.45, 2.75) is 31.9 Å². The Hall–Kier alpha value is -3.36. The van der Waals surface area contributed by atoms with Gasteiger partial charge in [0.15, 0.2) is 17.6 Å². The van der Waals surface area contributed by atoms with E-state index < -0.39 is 18.1 Å². The fourth-order valence-electron chi connectivity index (χ4n) is 4.71. The fraction of sp³-hybridized carbons (Fsp3) is 0.286. The normalized spacial score (nSPS) is 21.1. The molecule has 0 N–H and O–H groups in total. The Bertz CT molecular complexity index is 1250. The van der Waals surface area contributed by atoms with Crippen LogP contribution in [0.4, 0.5) is 11.4 Å². The van der Waals surface area contributed by atoms with Crippen LogP contribution < -0.4 is 19.4 Å². The van der Waals surface area contributed by atoms with Crippen LogP contribution in [0.2, 0.25) is 0 Å². The molecule has 3 atom stereocenters. The molecule has 3 aromatic rings. The Balaban J connectivity index is 1.54. The van der Waals surface area contributed by atoms with Gasteiger partial charge in [-0.1, -0.05) is 53.5 Å². The second-order valence-corrected chi connectivity index (χ2v) is 9.67. The van der Waals surface area contributed by atoms with Crippen molar-refractivity contribution in [2.75, 3.05) is 23.7 Å². The summed E-state index contributed by atoms with van der Waals surface area (Å²) in [4.78, 5) is 34.7. The number of hydrogen-bond donors (Lipinski definition) is 0. The Morgan fingerprint density at radius 1 is 0.917 bits per heavy atom. The van der Waals surface area contributed by atoms with Crippen LogP contribution in [0.15, 0.2) is 77.3 Å². The average molecular weight is 551 g/mol. The molecule has 0 saturated carbocycles. The van der Waals surface area contributed by atoms with Gasteiger partial charge in [-0.05, 0) is 60.5 Å². The standard InChI is InChI=1S/C28H27BrN2O5/c1-3-4-16-35-22-15-10-18(17-23(22)34-2)25-24-26(36-31(25)21-8-6-5-7-9-21)28(33)30(27(24)32)20-13-11-19(29)12-14-20/h5-15,17,24-26H,3-4,16H2,1-2H3/t24-,25+,26+/m0/s1. The minimum absolute atomic E-state index is 0.294. The molecule has 0 radical (unpaired) electrons. The maximum atomic E-state index is 13.8. The Labute approximate surface area is 218 Å². The predicted molar refractivity (Wildman–Crippen MR) is 140 cm³/mol. The number of ether oxygens (including phenoxy) is 2. The number of hydroxylamine groups is 1. The summed E-state index contributed by atoms with van der Waals surface area (Å²) in [6.07, 6.45) is 1.04. The second kappa shape index (κ2) is 10.3. The van der Waals surface area contributed by atoms with Gasteiger partial charge in [-0.2, -0.15) is 0 Å². The molecule has 3 aromatic carbocycles. The summed E-state index contributed by atoms with van der Waals surface area (Å²) in [5.41, 5.74) is 2.08. The SMILES string of the molecule is CCCCOc1ccc([C@@H]2[C@@H]3C(=O)N(c4ccc(Br)cc4)C(=O)[C@@H]3ON2c2ccccc2)cc1OC. The van der Waals surface area contributed by atoms with E-state index >= 15 is 0 Å². The highest BCUT2D eigenvalue weighted by molar-refractivity contribution is 9.10. The van der Waals surface area contributed by atoms with Crippen LogP contribution in [-0.4, -0.2) is 31.6 Å². The molecule has 2 aliphatic heterocycles. The lowest BCUT2D eigenvalue weighted by molar-refractivity contribution is -0.126. The molecule has 0 aliphatic carbocycles. The number of hydrogen-bond acceptors (Lipinski definition) is 6. The zero-order valence-electron chi connectivity index (χ0n) is 20.1. The molecule has 0 spiro atoms. The first-order valence-corrected chi connectivity index (χ1v) is 12.8. The molecule has 0 aromatic heterocycles. The van der Waals surface area contributed by atoms with Crippen molar-refractivity contribution in [3.63, 3.8) is 0 Å². The van der Waals surface area contributed by atoms with E-state index in [0.29, 0.717) is 23.8 Å². The van der Waals surface area contributed by atoms with Crippen LogP contribution in [0.1, 0.15) is 31.4 Å². The van der Waals surface area contributed by atoms with Gasteiger partial charge in [-0.25, -0.2) is 9.96 Å². The van der Waals surface area contributed by atoms with Crippen molar-refractivity contribution < 1.29 is 23.9 Å². The lowest BCUT2D eigenvalue weighted by atomic mass is 9.90. The highest BCUT2D eigenvalue weighted by atomic mass is 79.9. The van der Waals surface area contributed by atoms with E-state index in [-0.39, 0.29) is 11.8 Å². The van der Waals surface area contributed by atoms with Gasteiger partial charge in [0.2, 0.25) is 5.91 Å². The van der Waals surface area contributed by atoms with Gasteiger partial charge in [-0.3, -0.25) is 14.4 Å². The Morgan fingerprint density at radius 3 is 2.36 bits per heavy atom. The quantitative estimate of drug-likeness (QED) is 0.265. The van der Waals surface area contributed by atoms with Gasteiger partial charge < -0.3 is 9.47 Å². The van der Waals surface area contributed by atoms with Crippen molar-refractivity contribution >= 4 is 39.1 Å². The number of nitrogens with zero attached hydrogens (tertiary/aromatic N) is 2. The number of carbonyl (C=O) groups is 2. The number of carbonyl (C=O) groups excluding carboxylic acids is 2. The van der Waals surface area contributed by atoms with Crippen molar-refractivity contribution in [1.82, 2.24) is 0 Å². The number of rotatable bonds is 8. The second-order valence-electron chi connectivity index (χ2n) is 8.76. The monoisotopic (exact) mass is 550 g/mol. The largest absolute Gasteiger partial charge is 0.493 e. The van der Waals surface area contributed by atoms with Crippen LogP contribution in [0.3, 0.4) is 0 Å². The van der Waals surface area contributed by atoms with Gasteiger partial charge >= 0.3 is 0 Å². The molecule has 2 heterocycles. The van der Waals surface area contributed by atoms with Crippen molar-refractivity contribution in [1.29, 1.82) is 0 Å². The predicted octanol–water partition coefficient (Wildman–Crippen LogP) is 5.69. The van der Waals surface area contributed by atoms with Gasteiger partial charge in [0.25, 0.3) is 5.91 Å². The third-order valence-corrected chi connectivity index (χ3v) is 7.02. The topological polar surface area (TPSA) is 68.3 Å². The summed E-state index contributed by atoms with van der Waals surface area (Å²) < 4.78 is 12.4. The number of methoxy groups -OCH3 is 1. The van der Waals surface area contributed by atoms with Crippen LogP contribution in [0.5, 0.6) is 11.5 Å². The lowest BCUT2D eigenvalue weighted by Crippen LogP contribution is -2.37. The highest BCUT2D eigenvalue weighted by Gasteiger charge is 2.60. The van der Waals surface area contributed by atoms with E-state index in [2.05, 4.69) is 22.9 Å². The summed E-state index contributed by atoms with van der Waals surface area (Å²) >= 11 is 3.40. The highest BCUT2D eigenvalue weighted by Crippen LogP contribution is 2.48. The summed E-state index contributed by atoms with van der Waals surface area (Å²) in [5.74, 6) is -0.179. The number of fused-ring (bicyclic) bond motifs is 1. The first-order chi connectivity index (χ1) is 17.5. The maximum absolute atomic E-state index is 13.8. The molecular weight excluding hydrogens is 524 g/mol. The van der Waals surface area contributed by atoms with Gasteiger partial charge in [0.1, 0.15) is 5.92 Å². The van der Waals surface area contributed by atoms with Crippen molar-refractivity contribution in [2.24, 2.45) is 5.92 Å². The molecule has 5 rings (SSSR count). The van der Waals surface area contributed by atoms with Crippen molar-refractivity contribution in [3.05, 3.63) is 82.8 Å². The zero-order chi connectivity index (χ0) is 25.2. The van der Waals surface area contributed by atoms with E-state index in [4.69, 9.17) is 14.3 Å². The van der Waals surface area contributed by atoms with Crippen LogP contribution in [-0.2, 0) is 14.4 Å². The molecule has 0 bridgehead atoms. The first-order valence-electron chi connectivity index (χ1n) is 12.0. The van der Waals surface area contributed by atoms with E-state index in [1.807, 2.05) is 48.5 Å². The summed E-state index contributed by atoms with van der Waals surface area (Å²) in [5, 5.41) is 1.68. The fourth-order valence-corrected chi connectivity index (χ4v) is 4.98.